The van der Waals surface area contributed by atoms with Crippen LogP contribution in [0.4, 0.5) is 17.2 Å². The third-order valence-electron chi connectivity index (χ3n) is 3.61. The van der Waals surface area contributed by atoms with Gasteiger partial charge in [-0.15, -0.1) is 0 Å². The summed E-state index contributed by atoms with van der Waals surface area (Å²) in [5, 5.41) is 3.09. The van der Waals surface area contributed by atoms with Crippen LogP contribution in [0.2, 0.25) is 0 Å². The van der Waals surface area contributed by atoms with Gasteiger partial charge in [-0.25, -0.2) is 4.98 Å². The standard InChI is InChI=1S/C19H18N4O2/c1-12-6-8-16(9-7-12)25-19-17(20)18(21-11-22-19)23-15-5-3-4-14(10-15)13(2)24/h3-11H,20H2,1-2H3,(H,21,22,23). The summed E-state index contributed by atoms with van der Waals surface area (Å²) in [7, 11) is 0. The topological polar surface area (TPSA) is 90.1 Å². The molecule has 3 N–H and O–H groups in total. The van der Waals surface area contributed by atoms with Crippen molar-refractivity contribution in [1.29, 1.82) is 0 Å². The summed E-state index contributed by atoms with van der Waals surface area (Å²) < 4.78 is 5.73. The first-order valence-electron chi connectivity index (χ1n) is 7.76. The molecule has 0 unspecified atom stereocenters. The zero-order valence-electron chi connectivity index (χ0n) is 14.0. The van der Waals surface area contributed by atoms with E-state index in [0.717, 1.165) is 5.56 Å². The zero-order valence-corrected chi connectivity index (χ0v) is 14.0. The number of nitrogens with zero attached hydrogens (tertiary/aromatic N) is 2. The number of rotatable bonds is 5. The van der Waals surface area contributed by atoms with Crippen LogP contribution in [0.15, 0.2) is 54.9 Å². The normalized spacial score (nSPS) is 10.3. The van der Waals surface area contributed by atoms with E-state index in [0.29, 0.717) is 22.8 Å². The molecule has 0 saturated carbocycles. The van der Waals surface area contributed by atoms with Gasteiger partial charge in [0, 0.05) is 11.3 Å². The van der Waals surface area contributed by atoms with E-state index in [4.69, 9.17) is 10.5 Å². The van der Waals surface area contributed by atoms with Crippen molar-refractivity contribution < 1.29 is 9.53 Å². The molecule has 0 amide bonds. The molecule has 3 aromatic rings. The molecule has 126 valence electrons. The lowest BCUT2D eigenvalue weighted by Gasteiger charge is -2.12. The maximum absolute atomic E-state index is 11.5. The van der Waals surface area contributed by atoms with Crippen LogP contribution in [0, 0.1) is 6.92 Å². The lowest BCUT2D eigenvalue weighted by Crippen LogP contribution is -2.03. The van der Waals surface area contributed by atoms with Crippen LogP contribution in [0.3, 0.4) is 0 Å². The number of hydrogen-bond donors (Lipinski definition) is 2. The summed E-state index contributed by atoms with van der Waals surface area (Å²) in [6.45, 7) is 3.52. The van der Waals surface area contributed by atoms with Gasteiger partial charge in [0.1, 0.15) is 17.8 Å². The molecule has 0 saturated heterocycles. The molecule has 6 heteroatoms. The molecule has 2 aromatic carbocycles. The highest BCUT2D eigenvalue weighted by molar-refractivity contribution is 5.95. The van der Waals surface area contributed by atoms with Gasteiger partial charge in [0.25, 0.3) is 0 Å². The number of hydrogen-bond acceptors (Lipinski definition) is 6. The zero-order chi connectivity index (χ0) is 17.8. The number of benzene rings is 2. The number of Topliss-reactive ketones (excluding diaryl/α,β-unsaturated/α-hetero) is 1. The fraction of sp³-hybridized carbons (Fsp3) is 0.105. The molecule has 0 bridgehead atoms. The average molecular weight is 334 g/mol. The number of nitrogens with one attached hydrogen (secondary N) is 1. The maximum atomic E-state index is 11.5. The number of ketones is 1. The van der Waals surface area contributed by atoms with E-state index in [1.54, 1.807) is 18.2 Å². The molecular weight excluding hydrogens is 316 g/mol. The number of anilines is 3. The number of nitrogen functional groups attached to an aromatic ring is 1. The van der Waals surface area contributed by atoms with Crippen molar-refractivity contribution in [2.24, 2.45) is 0 Å². The van der Waals surface area contributed by atoms with Gasteiger partial charge >= 0.3 is 0 Å². The third-order valence-corrected chi connectivity index (χ3v) is 3.61. The Morgan fingerprint density at radius 3 is 2.60 bits per heavy atom. The van der Waals surface area contributed by atoms with E-state index >= 15 is 0 Å². The van der Waals surface area contributed by atoms with Gasteiger partial charge in [-0.1, -0.05) is 29.8 Å². The highest BCUT2D eigenvalue weighted by atomic mass is 16.5. The first kappa shape index (κ1) is 16.4. The van der Waals surface area contributed by atoms with Crippen molar-refractivity contribution in [3.05, 3.63) is 66.0 Å². The van der Waals surface area contributed by atoms with Crippen molar-refractivity contribution >= 4 is 23.0 Å². The number of nitrogens with two attached hydrogens (primary N) is 1. The Morgan fingerprint density at radius 1 is 1.12 bits per heavy atom. The minimum Gasteiger partial charge on any atom is -0.437 e. The second-order valence-corrected chi connectivity index (χ2v) is 5.62. The molecule has 0 spiro atoms. The van der Waals surface area contributed by atoms with Crippen molar-refractivity contribution in [3.8, 4) is 11.6 Å². The number of aromatic nitrogens is 2. The molecule has 0 aliphatic heterocycles. The van der Waals surface area contributed by atoms with E-state index < -0.39 is 0 Å². The highest BCUT2D eigenvalue weighted by Crippen LogP contribution is 2.31. The van der Waals surface area contributed by atoms with E-state index in [2.05, 4.69) is 15.3 Å². The SMILES string of the molecule is CC(=O)c1cccc(Nc2ncnc(Oc3ccc(C)cc3)c2N)c1. The van der Waals surface area contributed by atoms with Crippen LogP contribution in [-0.2, 0) is 0 Å². The van der Waals surface area contributed by atoms with Crippen LogP contribution in [0.25, 0.3) is 0 Å². The van der Waals surface area contributed by atoms with Gasteiger partial charge in [0.05, 0.1) is 0 Å². The monoisotopic (exact) mass is 334 g/mol. The smallest absolute Gasteiger partial charge is 0.248 e. The van der Waals surface area contributed by atoms with Crippen molar-refractivity contribution in [2.75, 3.05) is 11.1 Å². The molecule has 25 heavy (non-hydrogen) atoms. The Hall–Kier alpha value is -3.41. The van der Waals surface area contributed by atoms with Crippen LogP contribution >= 0.6 is 0 Å². The minimum atomic E-state index is -0.0114. The quantitative estimate of drug-likeness (QED) is 0.683. The predicted molar refractivity (Wildman–Crippen MR) is 97.4 cm³/mol. The van der Waals surface area contributed by atoms with Crippen LogP contribution < -0.4 is 15.8 Å². The van der Waals surface area contributed by atoms with E-state index in [-0.39, 0.29) is 17.4 Å². The summed E-state index contributed by atoms with van der Waals surface area (Å²) >= 11 is 0. The Balaban J connectivity index is 1.84. The molecule has 3 rings (SSSR count). The number of carbonyl (C=O) groups excluding carboxylic acids is 1. The summed E-state index contributed by atoms with van der Waals surface area (Å²) in [4.78, 5) is 19.7. The lowest BCUT2D eigenvalue weighted by molar-refractivity contribution is 0.101. The second kappa shape index (κ2) is 7.00. The molecule has 1 heterocycles. The predicted octanol–water partition coefficient (Wildman–Crippen LogP) is 4.11. The first-order chi connectivity index (χ1) is 12.0. The number of carbonyl (C=O) groups is 1. The third kappa shape index (κ3) is 3.92. The van der Waals surface area contributed by atoms with E-state index in [1.807, 2.05) is 37.3 Å². The van der Waals surface area contributed by atoms with Gasteiger partial charge in [-0.05, 0) is 38.1 Å². The molecule has 0 aliphatic rings. The van der Waals surface area contributed by atoms with Gasteiger partial charge in [-0.3, -0.25) is 4.79 Å². The molecule has 0 radical (unpaired) electrons. The lowest BCUT2D eigenvalue weighted by atomic mass is 10.1. The Labute approximate surface area is 145 Å². The Kier molecular flexibility index (Phi) is 4.61. The fourth-order valence-electron chi connectivity index (χ4n) is 2.23. The fourth-order valence-corrected chi connectivity index (χ4v) is 2.23. The number of ether oxygens (including phenoxy) is 1. The number of aryl methyl sites for hydroxylation is 1. The van der Waals surface area contributed by atoms with Crippen molar-refractivity contribution in [2.45, 2.75) is 13.8 Å². The van der Waals surface area contributed by atoms with Gasteiger partial charge in [0.15, 0.2) is 11.6 Å². The average Bonchev–Trinajstić information content (AvgIpc) is 2.60. The van der Waals surface area contributed by atoms with Crippen molar-refractivity contribution in [1.82, 2.24) is 9.97 Å². The van der Waals surface area contributed by atoms with Crippen LogP contribution in [-0.4, -0.2) is 15.8 Å². The summed E-state index contributed by atoms with van der Waals surface area (Å²) in [5.74, 6) is 1.31. The highest BCUT2D eigenvalue weighted by Gasteiger charge is 2.11. The van der Waals surface area contributed by atoms with Crippen LogP contribution in [0.1, 0.15) is 22.8 Å². The second-order valence-electron chi connectivity index (χ2n) is 5.62. The largest absolute Gasteiger partial charge is 0.437 e. The summed E-state index contributed by atoms with van der Waals surface area (Å²) in [6.07, 6.45) is 1.37. The van der Waals surface area contributed by atoms with E-state index in [9.17, 15) is 4.79 Å². The Morgan fingerprint density at radius 2 is 1.88 bits per heavy atom. The summed E-state index contributed by atoms with van der Waals surface area (Å²) in [6, 6.07) is 14.7. The molecular formula is C19H18N4O2. The Bertz CT molecular complexity index is 908. The molecule has 1 aromatic heterocycles. The maximum Gasteiger partial charge on any atom is 0.248 e. The van der Waals surface area contributed by atoms with Gasteiger partial charge in [0.2, 0.25) is 5.88 Å². The summed E-state index contributed by atoms with van der Waals surface area (Å²) in [5.41, 5.74) is 8.86. The molecule has 0 aliphatic carbocycles. The first-order valence-corrected chi connectivity index (χ1v) is 7.76. The molecule has 0 atom stereocenters. The molecule has 0 fully saturated rings. The van der Waals surface area contributed by atoms with Crippen molar-refractivity contribution in [3.63, 3.8) is 0 Å². The molecule has 6 nitrogen and oxygen atoms in total. The van der Waals surface area contributed by atoms with Gasteiger partial charge < -0.3 is 15.8 Å². The van der Waals surface area contributed by atoms with Gasteiger partial charge in [-0.2, -0.15) is 4.98 Å². The minimum absolute atomic E-state index is 0.0114. The van der Waals surface area contributed by atoms with Crippen LogP contribution in [0.5, 0.6) is 11.6 Å². The van der Waals surface area contributed by atoms with E-state index in [1.165, 1.54) is 13.3 Å².